The van der Waals surface area contributed by atoms with Crippen molar-refractivity contribution in [1.82, 2.24) is 4.90 Å². The van der Waals surface area contributed by atoms with Gasteiger partial charge in [-0.3, -0.25) is 4.79 Å². The SMILES string of the molecule is Cc1cccc(C2Nc3c(C(=O)N(C)C)cccc3C3C=CCC32)c1. The molecule has 0 saturated heterocycles. The van der Waals surface area contributed by atoms with Gasteiger partial charge in [-0.1, -0.05) is 54.1 Å². The van der Waals surface area contributed by atoms with Gasteiger partial charge >= 0.3 is 0 Å². The van der Waals surface area contributed by atoms with Gasteiger partial charge in [-0.25, -0.2) is 0 Å². The molecule has 3 nitrogen and oxygen atoms in total. The van der Waals surface area contributed by atoms with Crippen LogP contribution in [0, 0.1) is 12.8 Å². The van der Waals surface area contributed by atoms with E-state index in [1.807, 2.05) is 12.1 Å². The second-order valence-corrected chi connectivity index (χ2v) is 7.36. The Morgan fingerprint density at radius 3 is 2.72 bits per heavy atom. The second kappa shape index (κ2) is 6.07. The highest BCUT2D eigenvalue weighted by atomic mass is 16.2. The highest BCUT2D eigenvalue weighted by molar-refractivity contribution is 6.00. The molecule has 1 heterocycles. The van der Waals surface area contributed by atoms with Gasteiger partial charge in [-0.15, -0.1) is 0 Å². The van der Waals surface area contributed by atoms with Crippen LogP contribution in [0.1, 0.15) is 45.4 Å². The van der Waals surface area contributed by atoms with Gasteiger partial charge in [0.05, 0.1) is 17.3 Å². The van der Waals surface area contributed by atoms with Crippen LogP contribution in [-0.4, -0.2) is 24.9 Å². The zero-order chi connectivity index (χ0) is 17.6. The summed E-state index contributed by atoms with van der Waals surface area (Å²) in [5.74, 6) is 0.920. The van der Waals surface area contributed by atoms with Gasteiger partial charge < -0.3 is 10.2 Å². The summed E-state index contributed by atoms with van der Waals surface area (Å²) in [7, 11) is 3.61. The molecule has 2 aromatic rings. The Bertz CT molecular complexity index is 853. The number of carbonyl (C=O) groups is 1. The maximum atomic E-state index is 12.7. The Labute approximate surface area is 149 Å². The largest absolute Gasteiger partial charge is 0.377 e. The Balaban J connectivity index is 1.83. The Morgan fingerprint density at radius 1 is 1.16 bits per heavy atom. The fraction of sp³-hybridized carbons (Fsp3) is 0.318. The minimum Gasteiger partial charge on any atom is -0.377 e. The number of nitrogens with zero attached hydrogens (tertiary/aromatic N) is 1. The third kappa shape index (κ3) is 2.64. The van der Waals surface area contributed by atoms with E-state index in [2.05, 4.69) is 54.7 Å². The molecule has 1 aliphatic heterocycles. The standard InChI is InChI=1S/C22H24N2O/c1-14-7-4-8-15(13-14)20-17-10-5-9-16(17)18-11-6-12-19(21(18)23-20)22(25)24(2)3/h4-9,11-13,16-17,20,23H,10H2,1-3H3. The molecule has 1 N–H and O–H groups in total. The molecule has 0 radical (unpaired) electrons. The van der Waals surface area contributed by atoms with E-state index in [9.17, 15) is 4.79 Å². The molecule has 1 aliphatic carbocycles. The predicted molar refractivity (Wildman–Crippen MR) is 102 cm³/mol. The van der Waals surface area contributed by atoms with E-state index < -0.39 is 0 Å². The Hall–Kier alpha value is -2.55. The molecule has 0 fully saturated rings. The number of rotatable bonds is 2. The number of hydrogen-bond donors (Lipinski definition) is 1. The van der Waals surface area contributed by atoms with Crippen molar-refractivity contribution >= 4 is 11.6 Å². The maximum absolute atomic E-state index is 12.7. The average Bonchev–Trinajstić information content (AvgIpc) is 3.09. The minimum absolute atomic E-state index is 0.0489. The fourth-order valence-electron chi connectivity index (χ4n) is 4.23. The van der Waals surface area contributed by atoms with Gasteiger partial charge in [0.15, 0.2) is 0 Å². The van der Waals surface area contributed by atoms with Crippen LogP contribution in [0.25, 0.3) is 0 Å². The van der Waals surface area contributed by atoms with Crippen molar-refractivity contribution in [3.63, 3.8) is 0 Å². The predicted octanol–water partition coefficient (Wildman–Crippen LogP) is 4.52. The van der Waals surface area contributed by atoms with E-state index in [-0.39, 0.29) is 11.9 Å². The number of para-hydroxylation sites is 1. The summed E-state index contributed by atoms with van der Waals surface area (Å²) in [6.45, 7) is 2.13. The summed E-state index contributed by atoms with van der Waals surface area (Å²) >= 11 is 0. The smallest absolute Gasteiger partial charge is 0.255 e. The number of carbonyl (C=O) groups excluding carboxylic acids is 1. The number of allylic oxidation sites excluding steroid dienone is 2. The zero-order valence-corrected chi connectivity index (χ0v) is 15.0. The van der Waals surface area contributed by atoms with Crippen LogP contribution < -0.4 is 5.32 Å². The number of benzene rings is 2. The van der Waals surface area contributed by atoms with Crippen molar-refractivity contribution in [2.75, 3.05) is 19.4 Å². The van der Waals surface area contributed by atoms with Crippen molar-refractivity contribution < 1.29 is 4.79 Å². The van der Waals surface area contributed by atoms with E-state index in [1.165, 1.54) is 16.7 Å². The van der Waals surface area contributed by atoms with Crippen LogP contribution in [0.2, 0.25) is 0 Å². The Kier molecular flexibility index (Phi) is 3.87. The van der Waals surface area contributed by atoms with Crippen LogP contribution in [0.3, 0.4) is 0 Å². The van der Waals surface area contributed by atoms with Crippen molar-refractivity contribution in [1.29, 1.82) is 0 Å². The molecule has 0 spiro atoms. The third-order valence-electron chi connectivity index (χ3n) is 5.43. The third-order valence-corrected chi connectivity index (χ3v) is 5.43. The summed E-state index contributed by atoms with van der Waals surface area (Å²) in [6, 6.07) is 15.0. The molecule has 3 heteroatoms. The van der Waals surface area contributed by atoms with Crippen LogP contribution in [-0.2, 0) is 0 Å². The molecular formula is C22H24N2O. The molecule has 3 atom stereocenters. The lowest BCUT2D eigenvalue weighted by Crippen LogP contribution is -2.32. The van der Waals surface area contributed by atoms with E-state index in [1.54, 1.807) is 19.0 Å². The normalized spacial score (nSPS) is 23.6. The topological polar surface area (TPSA) is 32.3 Å². The maximum Gasteiger partial charge on any atom is 0.255 e. The fourth-order valence-corrected chi connectivity index (χ4v) is 4.23. The monoisotopic (exact) mass is 332 g/mol. The van der Waals surface area contributed by atoms with Gasteiger partial charge in [-0.2, -0.15) is 0 Å². The lowest BCUT2D eigenvalue weighted by molar-refractivity contribution is 0.0828. The molecule has 3 unspecified atom stereocenters. The van der Waals surface area contributed by atoms with Gasteiger partial charge in [0, 0.05) is 20.0 Å². The van der Waals surface area contributed by atoms with Crippen molar-refractivity contribution in [2.24, 2.45) is 5.92 Å². The first kappa shape index (κ1) is 15.9. The van der Waals surface area contributed by atoms with Crippen molar-refractivity contribution in [3.05, 3.63) is 76.9 Å². The molecule has 0 saturated carbocycles. The number of anilines is 1. The van der Waals surface area contributed by atoms with Crippen molar-refractivity contribution in [2.45, 2.75) is 25.3 Å². The van der Waals surface area contributed by atoms with Gasteiger partial charge in [0.2, 0.25) is 0 Å². The van der Waals surface area contributed by atoms with Crippen LogP contribution in [0.5, 0.6) is 0 Å². The number of fused-ring (bicyclic) bond motifs is 3. The first-order valence-corrected chi connectivity index (χ1v) is 8.90. The number of nitrogens with one attached hydrogen (secondary N) is 1. The zero-order valence-electron chi connectivity index (χ0n) is 15.0. The van der Waals surface area contributed by atoms with Gasteiger partial charge in [-0.05, 0) is 36.5 Å². The van der Waals surface area contributed by atoms with E-state index >= 15 is 0 Å². The molecule has 0 bridgehead atoms. The lowest BCUT2D eigenvalue weighted by atomic mass is 9.76. The van der Waals surface area contributed by atoms with E-state index in [0.717, 1.165) is 17.7 Å². The molecule has 0 aromatic heterocycles. The second-order valence-electron chi connectivity index (χ2n) is 7.36. The average molecular weight is 332 g/mol. The first-order chi connectivity index (χ1) is 12.1. The molecule has 128 valence electrons. The van der Waals surface area contributed by atoms with E-state index in [4.69, 9.17) is 0 Å². The first-order valence-electron chi connectivity index (χ1n) is 8.90. The van der Waals surface area contributed by atoms with Crippen LogP contribution in [0.4, 0.5) is 5.69 Å². The Morgan fingerprint density at radius 2 is 1.96 bits per heavy atom. The van der Waals surface area contributed by atoms with E-state index in [0.29, 0.717) is 11.8 Å². The highest BCUT2D eigenvalue weighted by Gasteiger charge is 2.39. The van der Waals surface area contributed by atoms with Gasteiger partial charge in [0.1, 0.15) is 0 Å². The minimum atomic E-state index is 0.0489. The highest BCUT2D eigenvalue weighted by Crippen LogP contribution is 2.50. The number of hydrogen-bond acceptors (Lipinski definition) is 2. The summed E-state index contributed by atoms with van der Waals surface area (Å²) < 4.78 is 0. The molecule has 1 amide bonds. The molecular weight excluding hydrogens is 308 g/mol. The van der Waals surface area contributed by atoms with Crippen LogP contribution in [0.15, 0.2) is 54.6 Å². The molecule has 2 aliphatic rings. The number of aryl methyl sites for hydroxylation is 1. The summed E-state index contributed by atoms with van der Waals surface area (Å²) in [6.07, 6.45) is 5.67. The van der Waals surface area contributed by atoms with Crippen molar-refractivity contribution in [3.8, 4) is 0 Å². The van der Waals surface area contributed by atoms with Gasteiger partial charge in [0.25, 0.3) is 5.91 Å². The molecule has 25 heavy (non-hydrogen) atoms. The summed E-state index contributed by atoms with van der Waals surface area (Å²) in [5, 5.41) is 3.73. The quantitative estimate of drug-likeness (QED) is 0.820. The molecule has 4 rings (SSSR count). The lowest BCUT2D eigenvalue weighted by Gasteiger charge is -2.38. The summed E-state index contributed by atoms with van der Waals surface area (Å²) in [5.41, 5.74) is 5.58. The number of amides is 1. The van der Waals surface area contributed by atoms with Crippen LogP contribution >= 0.6 is 0 Å². The summed E-state index contributed by atoms with van der Waals surface area (Å²) in [4.78, 5) is 14.3. The molecule has 2 aromatic carbocycles.